The summed E-state index contributed by atoms with van der Waals surface area (Å²) in [6.07, 6.45) is 0.379. The highest BCUT2D eigenvalue weighted by Crippen LogP contribution is 2.16. The molecule has 0 saturated heterocycles. The first-order valence-electron chi connectivity index (χ1n) is 4.46. The van der Waals surface area contributed by atoms with E-state index < -0.39 is 6.10 Å². The molecule has 0 fully saturated rings. The molecule has 0 amide bonds. The van der Waals surface area contributed by atoms with Crippen LogP contribution in [0.5, 0.6) is 0 Å². The van der Waals surface area contributed by atoms with Crippen LogP contribution in [-0.2, 0) is 0 Å². The minimum Gasteiger partial charge on any atom is -0.389 e. The number of hydrogen-bond acceptors (Lipinski definition) is 2. The summed E-state index contributed by atoms with van der Waals surface area (Å²) in [5, 5.41) is 18.2. The average Bonchev–Trinajstić information content (AvgIpc) is 2.18. The average molecular weight is 173 g/mol. The van der Waals surface area contributed by atoms with Crippen molar-refractivity contribution in [1.29, 1.82) is 5.26 Å². The molecule has 0 saturated carbocycles. The lowest BCUT2D eigenvalue weighted by Crippen LogP contribution is -1.99. The van der Waals surface area contributed by atoms with Crippen LogP contribution in [-0.4, -0.2) is 12.4 Å². The molecule has 1 aromatic rings. The van der Waals surface area contributed by atoms with Gasteiger partial charge in [-0.2, -0.15) is 5.26 Å². The van der Waals surface area contributed by atoms with Gasteiger partial charge in [0.15, 0.2) is 0 Å². The van der Waals surface area contributed by atoms with E-state index >= 15 is 0 Å². The second kappa shape index (κ2) is 4.69. The lowest BCUT2D eigenvalue weighted by atomic mass is 9.74. The standard InChI is InChI=1S/C10H12BNO/c1-11-6-10(13)9-4-2-8(7-12)3-5-9/h2-5,10-11,13H,6H2,1H3/t10-/m1/s1. The first-order chi connectivity index (χ1) is 6.27. The smallest absolute Gasteiger partial charge is 0.121 e. The monoisotopic (exact) mass is 173 g/mol. The van der Waals surface area contributed by atoms with Crippen molar-refractivity contribution in [1.82, 2.24) is 0 Å². The summed E-state index contributed by atoms with van der Waals surface area (Å²) in [6, 6.07) is 9.11. The Morgan fingerprint density at radius 1 is 1.46 bits per heavy atom. The molecule has 1 N–H and O–H groups in total. The number of aliphatic hydroxyl groups excluding tert-OH is 1. The van der Waals surface area contributed by atoms with Crippen molar-refractivity contribution in [3.05, 3.63) is 35.4 Å². The van der Waals surface area contributed by atoms with Crippen LogP contribution in [0.3, 0.4) is 0 Å². The molecule has 1 atom stereocenters. The minimum absolute atomic E-state index is 0.391. The van der Waals surface area contributed by atoms with Crippen LogP contribution in [0.25, 0.3) is 0 Å². The summed E-state index contributed by atoms with van der Waals surface area (Å²) in [5.74, 6) is 0. The van der Waals surface area contributed by atoms with Gasteiger partial charge in [-0.15, -0.1) is 0 Å². The Hall–Kier alpha value is -1.27. The first kappa shape index (κ1) is 9.82. The molecular formula is C10H12BNO. The van der Waals surface area contributed by atoms with E-state index in [-0.39, 0.29) is 0 Å². The highest BCUT2D eigenvalue weighted by atomic mass is 16.3. The predicted molar refractivity (Wildman–Crippen MR) is 53.9 cm³/mol. The molecule has 66 valence electrons. The molecule has 0 radical (unpaired) electrons. The third-order valence-electron chi connectivity index (χ3n) is 1.99. The summed E-state index contributed by atoms with van der Waals surface area (Å²) in [4.78, 5) is 0. The van der Waals surface area contributed by atoms with Crippen LogP contribution >= 0.6 is 0 Å². The largest absolute Gasteiger partial charge is 0.389 e. The van der Waals surface area contributed by atoms with Crippen LogP contribution in [0, 0.1) is 11.3 Å². The number of rotatable bonds is 3. The summed E-state index contributed by atoms with van der Waals surface area (Å²) < 4.78 is 0. The summed E-state index contributed by atoms with van der Waals surface area (Å²) in [6.45, 7) is 2.03. The highest BCUT2D eigenvalue weighted by Gasteiger charge is 2.05. The molecule has 0 aliphatic rings. The van der Waals surface area contributed by atoms with Gasteiger partial charge in [-0.1, -0.05) is 19.0 Å². The van der Waals surface area contributed by atoms with Crippen LogP contribution in [0.1, 0.15) is 17.2 Å². The van der Waals surface area contributed by atoms with E-state index in [0.29, 0.717) is 5.56 Å². The first-order valence-corrected chi connectivity index (χ1v) is 4.46. The topological polar surface area (TPSA) is 44.0 Å². The predicted octanol–water partition coefficient (Wildman–Crippen LogP) is 1.49. The van der Waals surface area contributed by atoms with Gasteiger partial charge in [-0.3, -0.25) is 0 Å². The highest BCUT2D eigenvalue weighted by molar-refractivity contribution is 6.33. The van der Waals surface area contributed by atoms with Crippen molar-refractivity contribution in [2.45, 2.75) is 19.2 Å². The number of hydrogen-bond donors (Lipinski definition) is 1. The van der Waals surface area contributed by atoms with Crippen molar-refractivity contribution in [3.63, 3.8) is 0 Å². The van der Waals surface area contributed by atoms with E-state index in [1.165, 1.54) is 0 Å². The van der Waals surface area contributed by atoms with Gasteiger partial charge in [0.2, 0.25) is 0 Å². The van der Waals surface area contributed by atoms with E-state index in [1.807, 2.05) is 12.9 Å². The van der Waals surface area contributed by atoms with Gasteiger partial charge in [0.05, 0.1) is 17.7 Å². The second-order valence-electron chi connectivity index (χ2n) is 3.04. The third kappa shape index (κ3) is 2.60. The number of benzene rings is 1. The fourth-order valence-electron chi connectivity index (χ4n) is 1.22. The van der Waals surface area contributed by atoms with Gasteiger partial charge in [0.1, 0.15) is 7.28 Å². The van der Waals surface area contributed by atoms with E-state index in [2.05, 4.69) is 0 Å². The van der Waals surface area contributed by atoms with Crippen molar-refractivity contribution in [2.24, 2.45) is 0 Å². The second-order valence-corrected chi connectivity index (χ2v) is 3.04. The molecule has 0 unspecified atom stereocenters. The zero-order valence-corrected chi connectivity index (χ0v) is 7.70. The fraction of sp³-hybridized carbons (Fsp3) is 0.300. The Bertz CT molecular complexity index is 302. The molecule has 0 aromatic heterocycles. The van der Waals surface area contributed by atoms with E-state index in [4.69, 9.17) is 5.26 Å². The van der Waals surface area contributed by atoms with Crippen LogP contribution in [0.15, 0.2) is 24.3 Å². The molecule has 2 nitrogen and oxygen atoms in total. The van der Waals surface area contributed by atoms with Gasteiger partial charge in [0, 0.05) is 0 Å². The van der Waals surface area contributed by atoms with Crippen molar-refractivity contribution in [3.8, 4) is 6.07 Å². The van der Waals surface area contributed by atoms with E-state index in [1.54, 1.807) is 24.3 Å². The molecule has 0 heterocycles. The molecule has 0 aliphatic heterocycles. The normalized spacial score (nSPS) is 11.8. The van der Waals surface area contributed by atoms with Gasteiger partial charge in [0.25, 0.3) is 0 Å². The molecule has 1 rings (SSSR count). The summed E-state index contributed by atoms with van der Waals surface area (Å²) in [5.41, 5.74) is 1.52. The molecular weight excluding hydrogens is 161 g/mol. The van der Waals surface area contributed by atoms with Crippen molar-refractivity contribution >= 4 is 7.28 Å². The van der Waals surface area contributed by atoms with Gasteiger partial charge >= 0.3 is 0 Å². The SMILES string of the molecule is CBC[C@@H](O)c1ccc(C#N)cc1. The van der Waals surface area contributed by atoms with Gasteiger partial charge < -0.3 is 5.11 Å². The Morgan fingerprint density at radius 2 is 2.08 bits per heavy atom. The summed E-state index contributed by atoms with van der Waals surface area (Å²) in [7, 11) is 0.959. The van der Waals surface area contributed by atoms with E-state index in [9.17, 15) is 5.11 Å². The lowest BCUT2D eigenvalue weighted by Gasteiger charge is -2.08. The zero-order valence-electron chi connectivity index (χ0n) is 7.70. The zero-order chi connectivity index (χ0) is 9.68. The third-order valence-corrected chi connectivity index (χ3v) is 1.99. The van der Waals surface area contributed by atoms with Crippen LogP contribution in [0.2, 0.25) is 13.1 Å². The molecule has 1 aromatic carbocycles. The van der Waals surface area contributed by atoms with Crippen molar-refractivity contribution in [2.75, 3.05) is 0 Å². The molecule has 0 spiro atoms. The Labute approximate surface area is 79.1 Å². The number of aliphatic hydroxyl groups is 1. The maximum Gasteiger partial charge on any atom is 0.121 e. The molecule has 0 bridgehead atoms. The van der Waals surface area contributed by atoms with Crippen LogP contribution in [0.4, 0.5) is 0 Å². The Balaban J connectivity index is 2.75. The minimum atomic E-state index is -0.391. The van der Waals surface area contributed by atoms with Crippen LogP contribution < -0.4 is 0 Å². The molecule has 0 aliphatic carbocycles. The van der Waals surface area contributed by atoms with Crippen molar-refractivity contribution < 1.29 is 5.11 Å². The molecule has 3 heteroatoms. The Morgan fingerprint density at radius 3 is 2.54 bits per heavy atom. The van der Waals surface area contributed by atoms with Gasteiger partial charge in [-0.25, -0.2) is 0 Å². The number of nitriles is 1. The lowest BCUT2D eigenvalue weighted by molar-refractivity contribution is 0.199. The van der Waals surface area contributed by atoms with Gasteiger partial charge in [-0.05, 0) is 24.0 Å². The Kier molecular flexibility index (Phi) is 3.54. The summed E-state index contributed by atoms with van der Waals surface area (Å²) >= 11 is 0. The molecule has 13 heavy (non-hydrogen) atoms. The number of nitrogens with zero attached hydrogens (tertiary/aromatic N) is 1. The quantitative estimate of drug-likeness (QED) is 0.703. The maximum atomic E-state index is 9.60. The maximum absolute atomic E-state index is 9.60. The van der Waals surface area contributed by atoms with E-state index in [0.717, 1.165) is 19.2 Å². The fourth-order valence-corrected chi connectivity index (χ4v) is 1.22.